The number of fused-ring (bicyclic) bond motifs is 1. The second-order valence-electron chi connectivity index (χ2n) is 4.22. The van der Waals surface area contributed by atoms with Crippen LogP contribution in [0.25, 0.3) is 0 Å². The summed E-state index contributed by atoms with van der Waals surface area (Å²) in [5.41, 5.74) is 6.08. The van der Waals surface area contributed by atoms with E-state index < -0.39 is 0 Å². The summed E-state index contributed by atoms with van der Waals surface area (Å²) in [6.45, 7) is 2.22. The predicted molar refractivity (Wildman–Crippen MR) is 69.5 cm³/mol. The number of benzene rings is 1. The molecule has 0 bridgehead atoms. The largest absolute Gasteiger partial charge is 0.493 e. The normalized spacial score (nSPS) is 13.1. The molecular weight excluding hydrogens is 248 g/mol. The van der Waals surface area contributed by atoms with Crippen LogP contribution in [0.5, 0.6) is 17.2 Å². The molecule has 1 aliphatic rings. The van der Waals surface area contributed by atoms with Crippen molar-refractivity contribution in [1.29, 1.82) is 0 Å². The van der Waals surface area contributed by atoms with Crippen molar-refractivity contribution in [1.82, 2.24) is 5.32 Å². The molecule has 2 rings (SSSR count). The second-order valence-corrected chi connectivity index (χ2v) is 4.22. The zero-order valence-corrected chi connectivity index (χ0v) is 10.9. The van der Waals surface area contributed by atoms with Gasteiger partial charge in [-0.15, -0.1) is 0 Å². The lowest BCUT2D eigenvalue weighted by atomic mass is 10.1. The average molecular weight is 266 g/mol. The van der Waals surface area contributed by atoms with Gasteiger partial charge in [0.1, 0.15) is 13.2 Å². The maximum absolute atomic E-state index is 10.6. The Morgan fingerprint density at radius 3 is 2.95 bits per heavy atom. The molecule has 0 spiro atoms. The minimum Gasteiger partial charge on any atom is -0.493 e. The van der Waals surface area contributed by atoms with Crippen molar-refractivity contribution in [2.75, 3.05) is 26.9 Å². The molecule has 0 aliphatic carbocycles. The molecule has 0 saturated carbocycles. The fourth-order valence-electron chi connectivity index (χ4n) is 1.87. The van der Waals surface area contributed by atoms with Crippen LogP contribution in [-0.2, 0) is 11.3 Å². The molecule has 1 aromatic carbocycles. The highest BCUT2D eigenvalue weighted by Crippen LogP contribution is 2.40. The smallest absolute Gasteiger partial charge is 0.218 e. The first-order valence-corrected chi connectivity index (χ1v) is 6.16. The summed E-state index contributed by atoms with van der Waals surface area (Å²) in [6, 6.07) is 3.80. The number of methoxy groups -OCH3 is 1. The van der Waals surface area contributed by atoms with E-state index in [1.54, 1.807) is 7.11 Å². The third-order valence-corrected chi connectivity index (χ3v) is 2.77. The first-order valence-electron chi connectivity index (χ1n) is 6.16. The molecule has 0 radical (unpaired) electrons. The lowest BCUT2D eigenvalue weighted by molar-refractivity contribution is -0.117. The highest BCUT2D eigenvalue weighted by atomic mass is 16.6. The van der Waals surface area contributed by atoms with E-state index in [0.717, 1.165) is 5.56 Å². The van der Waals surface area contributed by atoms with Gasteiger partial charge in [0.25, 0.3) is 0 Å². The summed E-state index contributed by atoms with van der Waals surface area (Å²) in [6.07, 6.45) is 0.321. The molecule has 19 heavy (non-hydrogen) atoms. The highest BCUT2D eigenvalue weighted by Gasteiger charge is 2.18. The number of ether oxygens (including phenoxy) is 3. The van der Waals surface area contributed by atoms with Crippen LogP contribution in [0, 0.1) is 0 Å². The molecule has 0 atom stereocenters. The summed E-state index contributed by atoms with van der Waals surface area (Å²) in [4.78, 5) is 10.6. The number of carbonyl (C=O) groups is 1. The molecule has 0 unspecified atom stereocenters. The number of nitrogens with one attached hydrogen (secondary N) is 1. The molecule has 0 saturated heterocycles. The Bertz CT molecular complexity index is 445. The van der Waals surface area contributed by atoms with Crippen molar-refractivity contribution in [3.05, 3.63) is 17.7 Å². The molecule has 0 fully saturated rings. The van der Waals surface area contributed by atoms with Crippen molar-refractivity contribution in [2.24, 2.45) is 5.73 Å². The molecule has 1 heterocycles. The topological polar surface area (TPSA) is 82.8 Å². The van der Waals surface area contributed by atoms with Gasteiger partial charge in [-0.05, 0) is 17.7 Å². The molecule has 104 valence electrons. The Kier molecular flexibility index (Phi) is 4.46. The molecule has 1 aromatic rings. The Hall–Kier alpha value is -1.95. The minimum absolute atomic E-state index is 0.313. The minimum atomic E-state index is -0.313. The van der Waals surface area contributed by atoms with Gasteiger partial charge in [0.2, 0.25) is 11.7 Å². The van der Waals surface area contributed by atoms with E-state index in [9.17, 15) is 4.79 Å². The van der Waals surface area contributed by atoms with Gasteiger partial charge >= 0.3 is 0 Å². The summed E-state index contributed by atoms with van der Waals surface area (Å²) in [7, 11) is 1.60. The van der Waals surface area contributed by atoms with Gasteiger partial charge in [-0.25, -0.2) is 0 Å². The third kappa shape index (κ3) is 3.51. The van der Waals surface area contributed by atoms with Gasteiger partial charge in [0.15, 0.2) is 11.5 Å². The fourth-order valence-corrected chi connectivity index (χ4v) is 1.87. The quantitative estimate of drug-likeness (QED) is 0.730. The SMILES string of the molecule is COc1cc(CNCCC(N)=O)cc2c1OCCO2. The third-order valence-electron chi connectivity index (χ3n) is 2.77. The Balaban J connectivity index is 2.02. The molecule has 1 aliphatic heterocycles. The number of carbonyl (C=O) groups excluding carboxylic acids is 1. The second kappa shape index (κ2) is 6.29. The van der Waals surface area contributed by atoms with E-state index in [4.69, 9.17) is 19.9 Å². The first kappa shape index (κ1) is 13.5. The Morgan fingerprint density at radius 1 is 1.42 bits per heavy atom. The van der Waals surface area contributed by atoms with Crippen LogP contribution in [0.3, 0.4) is 0 Å². The van der Waals surface area contributed by atoms with Crippen LogP contribution in [0.4, 0.5) is 0 Å². The number of rotatable bonds is 6. The maximum atomic E-state index is 10.6. The monoisotopic (exact) mass is 266 g/mol. The van der Waals surface area contributed by atoms with Crippen molar-refractivity contribution in [3.63, 3.8) is 0 Å². The Morgan fingerprint density at radius 2 is 2.21 bits per heavy atom. The lowest BCUT2D eigenvalue weighted by Gasteiger charge is -2.21. The summed E-state index contributed by atoms with van der Waals surface area (Å²) < 4.78 is 16.4. The average Bonchev–Trinajstić information content (AvgIpc) is 2.42. The molecule has 3 N–H and O–H groups in total. The van der Waals surface area contributed by atoms with Gasteiger partial charge in [-0.1, -0.05) is 0 Å². The van der Waals surface area contributed by atoms with Crippen LogP contribution in [0.1, 0.15) is 12.0 Å². The van der Waals surface area contributed by atoms with Crippen LogP contribution < -0.4 is 25.3 Å². The van der Waals surface area contributed by atoms with Gasteiger partial charge in [-0.2, -0.15) is 0 Å². The van der Waals surface area contributed by atoms with Crippen molar-refractivity contribution < 1.29 is 19.0 Å². The van der Waals surface area contributed by atoms with Crippen LogP contribution in [0.15, 0.2) is 12.1 Å². The van der Waals surface area contributed by atoms with Crippen molar-refractivity contribution in [2.45, 2.75) is 13.0 Å². The van der Waals surface area contributed by atoms with Crippen molar-refractivity contribution >= 4 is 5.91 Å². The standard InChI is InChI=1S/C13H18N2O4/c1-17-10-6-9(8-15-3-2-12(14)16)7-11-13(10)19-5-4-18-11/h6-7,15H,2-5,8H2,1H3,(H2,14,16). The van der Waals surface area contributed by atoms with E-state index >= 15 is 0 Å². The lowest BCUT2D eigenvalue weighted by Crippen LogP contribution is -2.22. The predicted octanol–water partition coefficient (Wildman–Crippen LogP) is 0.431. The van der Waals surface area contributed by atoms with Crippen LogP contribution in [-0.4, -0.2) is 32.8 Å². The summed E-state index contributed by atoms with van der Waals surface area (Å²) >= 11 is 0. The van der Waals surface area contributed by atoms with Crippen LogP contribution >= 0.6 is 0 Å². The van der Waals surface area contributed by atoms with Gasteiger partial charge < -0.3 is 25.3 Å². The van der Waals surface area contributed by atoms with Gasteiger partial charge in [-0.3, -0.25) is 4.79 Å². The van der Waals surface area contributed by atoms with E-state index in [0.29, 0.717) is 50.0 Å². The van der Waals surface area contributed by atoms with Gasteiger partial charge in [0.05, 0.1) is 7.11 Å². The highest BCUT2D eigenvalue weighted by molar-refractivity contribution is 5.73. The number of amides is 1. The number of hydrogen-bond acceptors (Lipinski definition) is 5. The van der Waals surface area contributed by atoms with Crippen LogP contribution in [0.2, 0.25) is 0 Å². The Labute approximate surface area is 111 Å². The van der Waals surface area contributed by atoms with E-state index in [-0.39, 0.29) is 5.91 Å². The zero-order valence-electron chi connectivity index (χ0n) is 10.9. The molecule has 1 amide bonds. The van der Waals surface area contributed by atoms with E-state index in [1.807, 2.05) is 12.1 Å². The summed E-state index contributed by atoms with van der Waals surface area (Å²) in [5, 5.41) is 3.14. The molecular formula is C13H18N2O4. The molecule has 0 aromatic heterocycles. The zero-order chi connectivity index (χ0) is 13.7. The van der Waals surface area contributed by atoms with E-state index in [2.05, 4.69) is 5.32 Å². The van der Waals surface area contributed by atoms with Crippen molar-refractivity contribution in [3.8, 4) is 17.2 Å². The first-order chi connectivity index (χ1) is 9.20. The maximum Gasteiger partial charge on any atom is 0.218 e. The fraction of sp³-hybridized carbons (Fsp3) is 0.462. The summed E-state index contributed by atoms with van der Waals surface area (Å²) in [5.74, 6) is 1.68. The number of primary amides is 1. The van der Waals surface area contributed by atoms with Gasteiger partial charge in [0, 0.05) is 19.5 Å². The number of nitrogens with two attached hydrogens (primary N) is 1. The molecule has 6 heteroatoms. The molecule has 6 nitrogen and oxygen atoms in total. The number of hydrogen-bond donors (Lipinski definition) is 2. The van der Waals surface area contributed by atoms with E-state index in [1.165, 1.54) is 0 Å².